The zero-order valence-electron chi connectivity index (χ0n) is 20.0. The van der Waals surface area contributed by atoms with Crippen LogP contribution in [0.3, 0.4) is 0 Å². The molecule has 0 saturated heterocycles. The number of rotatable bonds is 9. The first-order valence-electron chi connectivity index (χ1n) is 11.2. The average molecular weight is 484 g/mol. The molecule has 34 heavy (non-hydrogen) atoms. The highest BCUT2D eigenvalue weighted by molar-refractivity contribution is 7.18. The summed E-state index contributed by atoms with van der Waals surface area (Å²) >= 11 is 1.05. The zero-order valence-corrected chi connectivity index (χ0v) is 20.8. The Labute approximate surface area is 202 Å². The molecule has 0 aliphatic carbocycles. The van der Waals surface area contributed by atoms with E-state index in [1.54, 1.807) is 27.7 Å². The molecule has 3 rings (SSSR count). The maximum atomic E-state index is 13.0. The Morgan fingerprint density at radius 3 is 2.53 bits per heavy atom. The third-order valence-corrected chi connectivity index (χ3v) is 6.21. The highest BCUT2D eigenvalue weighted by atomic mass is 32.1. The first-order valence-corrected chi connectivity index (χ1v) is 12.0. The molecule has 180 valence electrons. The number of unbranched alkanes of at least 4 members (excludes halogenated alkanes) is 1. The number of para-hydroxylation sites is 1. The number of aromatic nitrogens is 2. The fourth-order valence-corrected chi connectivity index (χ4v) is 4.29. The number of carbonyl (C=O) groups excluding carboxylic acids is 2. The lowest BCUT2D eigenvalue weighted by atomic mass is 10.1. The van der Waals surface area contributed by atoms with Gasteiger partial charge in [0.25, 0.3) is 5.56 Å². The number of carbonyl (C=O) groups is 2. The van der Waals surface area contributed by atoms with E-state index in [9.17, 15) is 14.4 Å². The summed E-state index contributed by atoms with van der Waals surface area (Å²) in [5.41, 5.74) is 2.07. The van der Waals surface area contributed by atoms with Gasteiger partial charge >= 0.3 is 11.9 Å². The summed E-state index contributed by atoms with van der Waals surface area (Å²) in [6.45, 7) is 9.23. The van der Waals surface area contributed by atoms with E-state index < -0.39 is 11.9 Å². The SMILES string of the molecule is CCCCOC(=O)c1c(N=Cc2c(C)[nH]n(-c3ccccc3)c2=O)sc(C(=O)OC(C)C)c1C. The predicted molar refractivity (Wildman–Crippen MR) is 133 cm³/mol. The first kappa shape index (κ1) is 25.2. The molecule has 1 aromatic carbocycles. The van der Waals surface area contributed by atoms with Crippen molar-refractivity contribution in [2.45, 2.75) is 53.6 Å². The molecule has 0 fully saturated rings. The van der Waals surface area contributed by atoms with E-state index >= 15 is 0 Å². The summed E-state index contributed by atoms with van der Waals surface area (Å²) in [5.74, 6) is -1.07. The number of esters is 2. The first-order chi connectivity index (χ1) is 16.2. The van der Waals surface area contributed by atoms with Crippen LogP contribution in [0.15, 0.2) is 40.1 Å². The van der Waals surface area contributed by atoms with E-state index in [2.05, 4.69) is 10.1 Å². The van der Waals surface area contributed by atoms with Crippen molar-refractivity contribution in [2.24, 2.45) is 4.99 Å². The molecule has 2 heterocycles. The number of aliphatic imine (C=N–C) groups is 1. The molecule has 0 amide bonds. The third-order valence-electron chi connectivity index (χ3n) is 5.03. The average Bonchev–Trinajstić information content (AvgIpc) is 3.28. The maximum absolute atomic E-state index is 13.0. The topological polar surface area (TPSA) is 103 Å². The molecule has 0 aliphatic heterocycles. The van der Waals surface area contributed by atoms with Crippen LogP contribution in [0.1, 0.15) is 70.5 Å². The fourth-order valence-electron chi connectivity index (χ4n) is 3.27. The smallest absolute Gasteiger partial charge is 0.348 e. The van der Waals surface area contributed by atoms with E-state index in [0.29, 0.717) is 27.5 Å². The Bertz CT molecular complexity index is 1250. The summed E-state index contributed by atoms with van der Waals surface area (Å²) in [5, 5.41) is 3.34. The molecule has 0 spiro atoms. The Kier molecular flexibility index (Phi) is 8.22. The number of H-pyrrole nitrogens is 1. The van der Waals surface area contributed by atoms with Gasteiger partial charge in [0.2, 0.25) is 0 Å². The second kappa shape index (κ2) is 11.1. The van der Waals surface area contributed by atoms with Crippen LogP contribution >= 0.6 is 11.3 Å². The normalized spacial score (nSPS) is 11.4. The monoisotopic (exact) mass is 483 g/mol. The Morgan fingerprint density at radius 1 is 1.18 bits per heavy atom. The van der Waals surface area contributed by atoms with Gasteiger partial charge in [-0.25, -0.2) is 19.3 Å². The molecule has 0 radical (unpaired) electrons. The Hall–Kier alpha value is -3.46. The van der Waals surface area contributed by atoms with Crippen LogP contribution in [0.2, 0.25) is 0 Å². The zero-order chi connectivity index (χ0) is 24.8. The number of hydrogen-bond acceptors (Lipinski definition) is 7. The minimum Gasteiger partial charge on any atom is -0.462 e. The lowest BCUT2D eigenvalue weighted by Crippen LogP contribution is -2.17. The molecule has 3 aromatic rings. The van der Waals surface area contributed by atoms with Crippen molar-refractivity contribution >= 4 is 34.5 Å². The van der Waals surface area contributed by atoms with Crippen LogP contribution in [0, 0.1) is 13.8 Å². The molecular formula is C25H29N3O5S. The highest BCUT2D eigenvalue weighted by Gasteiger charge is 2.27. The van der Waals surface area contributed by atoms with Gasteiger partial charge in [-0.2, -0.15) is 0 Å². The van der Waals surface area contributed by atoms with Gasteiger partial charge in [0.05, 0.1) is 24.0 Å². The number of aromatic amines is 1. The quantitative estimate of drug-likeness (QED) is 0.259. The standard InChI is InChI=1S/C25H29N3O5S/c1-6-7-13-32-24(30)20-16(4)21(25(31)33-15(2)3)34-22(20)26-14-19-17(5)27-28(23(19)29)18-11-9-8-10-12-18/h8-12,14-15,27H,6-7,13H2,1-5H3. The van der Waals surface area contributed by atoms with Crippen LogP contribution in [0.5, 0.6) is 0 Å². The Balaban J connectivity index is 2.01. The van der Waals surface area contributed by atoms with Gasteiger partial charge in [-0.15, -0.1) is 11.3 Å². The molecule has 0 bridgehead atoms. The molecule has 0 saturated carbocycles. The summed E-state index contributed by atoms with van der Waals surface area (Å²) < 4.78 is 12.2. The van der Waals surface area contributed by atoms with Crippen molar-refractivity contribution in [3.8, 4) is 5.69 Å². The second-order valence-electron chi connectivity index (χ2n) is 8.06. The van der Waals surface area contributed by atoms with E-state index in [1.807, 2.05) is 37.3 Å². The molecule has 0 atom stereocenters. The molecule has 1 N–H and O–H groups in total. The molecule has 0 aliphatic rings. The third kappa shape index (κ3) is 5.53. The maximum Gasteiger partial charge on any atom is 0.348 e. The number of aryl methyl sites for hydroxylation is 1. The van der Waals surface area contributed by atoms with Gasteiger partial charge in [0, 0.05) is 11.9 Å². The van der Waals surface area contributed by atoms with Crippen molar-refractivity contribution in [1.82, 2.24) is 9.78 Å². The Morgan fingerprint density at radius 2 is 1.88 bits per heavy atom. The van der Waals surface area contributed by atoms with Gasteiger partial charge in [-0.3, -0.25) is 9.89 Å². The van der Waals surface area contributed by atoms with Crippen molar-refractivity contribution in [2.75, 3.05) is 6.61 Å². The minimum absolute atomic E-state index is 0.213. The highest BCUT2D eigenvalue weighted by Crippen LogP contribution is 2.36. The van der Waals surface area contributed by atoms with E-state index in [1.165, 1.54) is 10.9 Å². The summed E-state index contributed by atoms with van der Waals surface area (Å²) in [7, 11) is 0. The number of hydrogen-bond donors (Lipinski definition) is 1. The molecule has 0 unspecified atom stereocenters. The molecule has 8 nitrogen and oxygen atoms in total. The molecule has 2 aromatic heterocycles. The second-order valence-corrected chi connectivity index (χ2v) is 9.06. The fraction of sp³-hybridized carbons (Fsp3) is 0.360. The number of benzene rings is 1. The lowest BCUT2D eigenvalue weighted by molar-refractivity contribution is 0.0383. The number of nitrogens with one attached hydrogen (secondary N) is 1. The van der Waals surface area contributed by atoms with Crippen LogP contribution in [-0.4, -0.2) is 40.6 Å². The largest absolute Gasteiger partial charge is 0.462 e. The van der Waals surface area contributed by atoms with E-state index in [-0.39, 0.29) is 28.7 Å². The van der Waals surface area contributed by atoms with Crippen molar-refractivity contribution < 1.29 is 19.1 Å². The number of thiophene rings is 1. The summed E-state index contributed by atoms with van der Waals surface area (Å²) in [6.07, 6.45) is 2.73. The number of ether oxygens (including phenoxy) is 2. The minimum atomic E-state index is -0.551. The van der Waals surface area contributed by atoms with E-state index in [4.69, 9.17) is 9.47 Å². The lowest BCUT2D eigenvalue weighted by Gasteiger charge is -2.07. The predicted octanol–water partition coefficient (Wildman–Crippen LogP) is 5.12. The summed E-state index contributed by atoms with van der Waals surface area (Å²) in [6, 6.07) is 9.19. The van der Waals surface area contributed by atoms with Crippen LogP contribution < -0.4 is 5.56 Å². The van der Waals surface area contributed by atoms with Crippen molar-refractivity contribution in [3.63, 3.8) is 0 Å². The molecular weight excluding hydrogens is 454 g/mol. The van der Waals surface area contributed by atoms with Gasteiger partial charge in [-0.05, 0) is 51.8 Å². The van der Waals surface area contributed by atoms with Crippen LogP contribution in [0.4, 0.5) is 5.00 Å². The molecule has 9 heteroatoms. The number of nitrogens with zero attached hydrogens (tertiary/aromatic N) is 2. The van der Waals surface area contributed by atoms with Crippen molar-refractivity contribution in [1.29, 1.82) is 0 Å². The van der Waals surface area contributed by atoms with Gasteiger partial charge in [0.15, 0.2) is 0 Å². The van der Waals surface area contributed by atoms with Gasteiger partial charge in [0.1, 0.15) is 15.4 Å². The summed E-state index contributed by atoms with van der Waals surface area (Å²) in [4.78, 5) is 43.2. The van der Waals surface area contributed by atoms with Crippen LogP contribution in [-0.2, 0) is 9.47 Å². The van der Waals surface area contributed by atoms with Gasteiger partial charge in [-0.1, -0.05) is 31.5 Å². The van der Waals surface area contributed by atoms with E-state index in [0.717, 1.165) is 24.2 Å². The van der Waals surface area contributed by atoms with Gasteiger partial charge < -0.3 is 9.47 Å². The van der Waals surface area contributed by atoms with Crippen LogP contribution in [0.25, 0.3) is 5.69 Å². The van der Waals surface area contributed by atoms with Crippen molar-refractivity contribution in [3.05, 3.63) is 67.9 Å².